The first kappa shape index (κ1) is 9.68. The van der Waals surface area contributed by atoms with Crippen molar-refractivity contribution in [3.05, 3.63) is 28.0 Å². The minimum absolute atomic E-state index is 0.0416. The van der Waals surface area contributed by atoms with E-state index in [1.165, 1.54) is 0 Å². The molecular weight excluding hydrogens is 218 g/mol. The largest absolute Gasteiger partial charge is 0.375 e. The van der Waals surface area contributed by atoms with E-state index in [0.29, 0.717) is 0 Å². The molecule has 2 nitrogen and oxygen atoms in total. The summed E-state index contributed by atoms with van der Waals surface area (Å²) in [5.74, 6) is 0. The fourth-order valence-corrected chi connectivity index (χ4v) is 1.74. The van der Waals surface area contributed by atoms with Crippen LogP contribution in [0, 0.1) is 6.92 Å². The molecule has 12 heavy (non-hydrogen) atoms. The summed E-state index contributed by atoms with van der Waals surface area (Å²) in [5.41, 5.74) is 2.09. The van der Waals surface area contributed by atoms with Crippen molar-refractivity contribution in [2.45, 2.75) is 20.0 Å². The molecule has 0 bridgehead atoms. The summed E-state index contributed by atoms with van der Waals surface area (Å²) in [6.07, 6.45) is 1.88. The Morgan fingerprint density at radius 1 is 1.58 bits per heavy atom. The smallest absolute Gasteiger partial charge is 0.0974 e. The number of ether oxygens (including phenoxy) is 1. The molecule has 3 heteroatoms. The van der Waals surface area contributed by atoms with Crippen LogP contribution in [0.25, 0.3) is 0 Å². The predicted octanol–water partition coefficient (Wildman–Crippen LogP) is 2.86. The second-order valence-corrected chi connectivity index (χ2v) is 3.61. The van der Waals surface area contributed by atoms with Crippen LogP contribution in [0.1, 0.15) is 24.3 Å². The standard InChI is InChI=1S/C9H12BrNO/c1-6-4-8(10)9(11-5-6)7(2)12-3/h4-5,7H,1-3H3/t7-/m0/s1. The summed E-state index contributed by atoms with van der Waals surface area (Å²) < 4.78 is 6.18. The molecule has 0 radical (unpaired) electrons. The first-order valence-corrected chi connectivity index (χ1v) is 4.59. The van der Waals surface area contributed by atoms with Crippen LogP contribution >= 0.6 is 15.9 Å². The van der Waals surface area contributed by atoms with E-state index in [4.69, 9.17) is 4.74 Å². The normalized spacial score (nSPS) is 13.0. The zero-order valence-corrected chi connectivity index (χ0v) is 9.05. The Balaban J connectivity index is 3.01. The number of aromatic nitrogens is 1. The lowest BCUT2D eigenvalue weighted by molar-refractivity contribution is 0.115. The number of methoxy groups -OCH3 is 1. The first-order valence-electron chi connectivity index (χ1n) is 3.80. The van der Waals surface area contributed by atoms with Crippen molar-refractivity contribution >= 4 is 15.9 Å². The maximum Gasteiger partial charge on any atom is 0.0974 e. The number of hydrogen-bond donors (Lipinski definition) is 0. The van der Waals surface area contributed by atoms with Crippen LogP contribution in [0.4, 0.5) is 0 Å². The van der Waals surface area contributed by atoms with Crippen LogP contribution in [0.15, 0.2) is 16.7 Å². The predicted molar refractivity (Wildman–Crippen MR) is 52.1 cm³/mol. The van der Waals surface area contributed by atoms with Gasteiger partial charge in [0, 0.05) is 17.8 Å². The molecule has 0 saturated heterocycles. The van der Waals surface area contributed by atoms with E-state index in [0.717, 1.165) is 15.7 Å². The van der Waals surface area contributed by atoms with Crippen LogP contribution in [-0.2, 0) is 4.74 Å². The van der Waals surface area contributed by atoms with Gasteiger partial charge in [0.1, 0.15) is 0 Å². The Kier molecular flexibility index (Phi) is 3.23. The highest BCUT2D eigenvalue weighted by atomic mass is 79.9. The Hall–Kier alpha value is -0.410. The molecule has 0 aliphatic heterocycles. The summed E-state index contributed by atoms with van der Waals surface area (Å²) in [7, 11) is 1.68. The molecule has 0 unspecified atom stereocenters. The third-order valence-electron chi connectivity index (χ3n) is 1.74. The maximum absolute atomic E-state index is 5.16. The molecule has 1 aromatic rings. The zero-order valence-electron chi connectivity index (χ0n) is 7.47. The van der Waals surface area contributed by atoms with Crippen molar-refractivity contribution in [2.24, 2.45) is 0 Å². The topological polar surface area (TPSA) is 22.1 Å². The van der Waals surface area contributed by atoms with Gasteiger partial charge in [-0.25, -0.2) is 0 Å². The van der Waals surface area contributed by atoms with Gasteiger partial charge in [0.2, 0.25) is 0 Å². The Morgan fingerprint density at radius 2 is 2.25 bits per heavy atom. The summed E-state index contributed by atoms with van der Waals surface area (Å²) in [4.78, 5) is 4.28. The highest BCUT2D eigenvalue weighted by molar-refractivity contribution is 9.10. The molecule has 0 saturated carbocycles. The average Bonchev–Trinajstić information content (AvgIpc) is 2.03. The third-order valence-corrected chi connectivity index (χ3v) is 2.38. The molecule has 1 heterocycles. The van der Waals surface area contributed by atoms with Gasteiger partial charge in [-0.05, 0) is 41.4 Å². The fourth-order valence-electron chi connectivity index (χ4n) is 0.955. The number of hydrogen-bond acceptors (Lipinski definition) is 2. The molecule has 0 aliphatic rings. The summed E-state index contributed by atoms with van der Waals surface area (Å²) in [5, 5.41) is 0. The number of halogens is 1. The average molecular weight is 230 g/mol. The molecule has 0 fully saturated rings. The molecular formula is C9H12BrNO. The molecule has 0 spiro atoms. The molecule has 1 aromatic heterocycles. The summed E-state index contributed by atoms with van der Waals surface area (Å²) in [6.45, 7) is 3.99. The van der Waals surface area contributed by atoms with E-state index < -0.39 is 0 Å². The van der Waals surface area contributed by atoms with E-state index in [-0.39, 0.29) is 6.10 Å². The van der Waals surface area contributed by atoms with Crippen molar-refractivity contribution in [3.63, 3.8) is 0 Å². The van der Waals surface area contributed by atoms with Crippen LogP contribution in [-0.4, -0.2) is 12.1 Å². The number of aryl methyl sites for hydroxylation is 1. The molecule has 1 rings (SSSR count). The minimum Gasteiger partial charge on any atom is -0.375 e. The number of pyridine rings is 1. The van der Waals surface area contributed by atoms with E-state index >= 15 is 0 Å². The molecule has 1 atom stereocenters. The quantitative estimate of drug-likeness (QED) is 0.779. The van der Waals surface area contributed by atoms with Crippen molar-refractivity contribution < 1.29 is 4.74 Å². The first-order chi connectivity index (χ1) is 5.65. The Morgan fingerprint density at radius 3 is 2.75 bits per heavy atom. The lowest BCUT2D eigenvalue weighted by Crippen LogP contribution is -2.00. The van der Waals surface area contributed by atoms with Crippen molar-refractivity contribution in [1.82, 2.24) is 4.98 Å². The van der Waals surface area contributed by atoms with Gasteiger partial charge in [-0.15, -0.1) is 0 Å². The van der Waals surface area contributed by atoms with E-state index in [1.807, 2.05) is 26.1 Å². The molecule has 0 N–H and O–H groups in total. The van der Waals surface area contributed by atoms with Gasteiger partial charge in [0.15, 0.2) is 0 Å². The van der Waals surface area contributed by atoms with Crippen molar-refractivity contribution in [2.75, 3.05) is 7.11 Å². The summed E-state index contributed by atoms with van der Waals surface area (Å²) in [6, 6.07) is 2.04. The van der Waals surface area contributed by atoms with E-state index in [2.05, 4.69) is 20.9 Å². The molecule has 0 aliphatic carbocycles. The van der Waals surface area contributed by atoms with Gasteiger partial charge in [0.05, 0.1) is 11.8 Å². The van der Waals surface area contributed by atoms with E-state index in [1.54, 1.807) is 7.11 Å². The monoisotopic (exact) mass is 229 g/mol. The van der Waals surface area contributed by atoms with Crippen molar-refractivity contribution in [3.8, 4) is 0 Å². The fraction of sp³-hybridized carbons (Fsp3) is 0.444. The van der Waals surface area contributed by atoms with Crippen LogP contribution in [0.3, 0.4) is 0 Å². The second-order valence-electron chi connectivity index (χ2n) is 2.76. The lowest BCUT2D eigenvalue weighted by atomic mass is 10.2. The second kappa shape index (κ2) is 4.01. The summed E-state index contributed by atoms with van der Waals surface area (Å²) >= 11 is 3.45. The zero-order chi connectivity index (χ0) is 9.14. The van der Waals surface area contributed by atoms with Gasteiger partial charge >= 0.3 is 0 Å². The highest BCUT2D eigenvalue weighted by Crippen LogP contribution is 2.23. The van der Waals surface area contributed by atoms with Gasteiger partial charge in [-0.2, -0.15) is 0 Å². The SMILES string of the molecule is CO[C@@H](C)c1ncc(C)cc1Br. The van der Waals surface area contributed by atoms with Gasteiger partial charge in [0.25, 0.3) is 0 Å². The lowest BCUT2D eigenvalue weighted by Gasteiger charge is -2.10. The van der Waals surface area contributed by atoms with Crippen LogP contribution < -0.4 is 0 Å². The van der Waals surface area contributed by atoms with Gasteiger partial charge < -0.3 is 4.74 Å². The number of nitrogens with zero attached hydrogens (tertiary/aromatic N) is 1. The number of rotatable bonds is 2. The minimum atomic E-state index is 0.0416. The van der Waals surface area contributed by atoms with Gasteiger partial charge in [-0.1, -0.05) is 0 Å². The van der Waals surface area contributed by atoms with Crippen molar-refractivity contribution in [1.29, 1.82) is 0 Å². The Labute approximate surface area is 81.1 Å². The van der Waals surface area contributed by atoms with Crippen LogP contribution in [0.5, 0.6) is 0 Å². The highest BCUT2D eigenvalue weighted by Gasteiger charge is 2.09. The maximum atomic E-state index is 5.16. The molecule has 0 aromatic carbocycles. The Bertz CT molecular complexity index is 275. The van der Waals surface area contributed by atoms with Gasteiger partial charge in [-0.3, -0.25) is 4.98 Å². The van der Waals surface area contributed by atoms with Crippen LogP contribution in [0.2, 0.25) is 0 Å². The molecule has 0 amide bonds. The third kappa shape index (κ3) is 2.05. The van der Waals surface area contributed by atoms with E-state index in [9.17, 15) is 0 Å². The molecule has 66 valence electrons.